The van der Waals surface area contributed by atoms with Crippen molar-refractivity contribution in [1.29, 1.82) is 5.26 Å². The van der Waals surface area contributed by atoms with Gasteiger partial charge >= 0.3 is 6.18 Å². The average Bonchev–Trinajstić information content (AvgIpc) is 3.56. The van der Waals surface area contributed by atoms with Crippen LogP contribution in [0.25, 0.3) is 11.8 Å². The molecule has 0 spiro atoms. The molecule has 1 N–H and O–H groups in total. The molecule has 1 heterocycles. The third-order valence-electron chi connectivity index (χ3n) is 5.26. The number of rotatable bonds is 6. The summed E-state index contributed by atoms with van der Waals surface area (Å²) in [6.45, 7) is 0. The fraction of sp³-hybridized carbons (Fsp3) is 0.217. The van der Waals surface area contributed by atoms with Crippen LogP contribution in [-0.4, -0.2) is 26.8 Å². The molecule has 1 amide bonds. The highest BCUT2D eigenvalue weighted by molar-refractivity contribution is 6.48. The lowest BCUT2D eigenvalue weighted by Crippen LogP contribution is -2.19. The van der Waals surface area contributed by atoms with E-state index in [1.54, 1.807) is 0 Å². The molecule has 1 fully saturated rings. The van der Waals surface area contributed by atoms with Crippen LogP contribution >= 0.6 is 34.8 Å². The van der Waals surface area contributed by atoms with Gasteiger partial charge in [0.1, 0.15) is 12.4 Å². The molecule has 12 heteroatoms. The van der Waals surface area contributed by atoms with E-state index in [1.807, 2.05) is 6.07 Å². The third-order valence-corrected chi connectivity index (χ3v) is 6.46. The Morgan fingerprint density at radius 3 is 2.49 bits per heavy atom. The molecule has 0 aliphatic heterocycles. The highest BCUT2D eigenvalue weighted by Gasteiger charge is 2.39. The molecule has 1 aliphatic rings. The van der Waals surface area contributed by atoms with Crippen LogP contribution in [0.4, 0.5) is 19.1 Å². The standard InChI is InChI=1S/C23H15Cl3F3N5O/c24-17-8-14(9-18(25)20(17)26)16(23(27,28)29)5-1-12-2-6-19(15(7-12)10-30)34-11-31-22(33-34)32-21(35)13-3-4-13/h1-2,5-9,11,13,16H,3-4H2,(H,32,33,35). The Hall–Kier alpha value is -3.06. The van der Waals surface area contributed by atoms with Gasteiger partial charge in [0.15, 0.2) is 0 Å². The lowest BCUT2D eigenvalue weighted by atomic mass is 9.96. The van der Waals surface area contributed by atoms with Crippen LogP contribution in [-0.2, 0) is 4.79 Å². The maximum atomic E-state index is 13.8. The van der Waals surface area contributed by atoms with Gasteiger partial charge in [-0.1, -0.05) is 53.0 Å². The maximum Gasteiger partial charge on any atom is 0.399 e. The van der Waals surface area contributed by atoms with E-state index >= 15 is 0 Å². The molecule has 6 nitrogen and oxygen atoms in total. The zero-order valence-corrected chi connectivity index (χ0v) is 19.9. The molecule has 2 aromatic carbocycles. The van der Waals surface area contributed by atoms with Crippen LogP contribution < -0.4 is 5.32 Å². The molecule has 1 aliphatic carbocycles. The smallest absolute Gasteiger partial charge is 0.293 e. The minimum atomic E-state index is -4.63. The van der Waals surface area contributed by atoms with Gasteiger partial charge in [-0.2, -0.15) is 23.4 Å². The van der Waals surface area contributed by atoms with Gasteiger partial charge in [0.05, 0.1) is 32.2 Å². The van der Waals surface area contributed by atoms with E-state index in [9.17, 15) is 23.2 Å². The minimum Gasteiger partial charge on any atom is -0.293 e. The summed E-state index contributed by atoms with van der Waals surface area (Å²) in [7, 11) is 0. The molecule has 0 saturated heterocycles. The van der Waals surface area contributed by atoms with Gasteiger partial charge in [-0.3, -0.25) is 10.1 Å². The van der Waals surface area contributed by atoms with E-state index in [1.165, 1.54) is 35.3 Å². The third kappa shape index (κ3) is 5.78. The molecule has 4 rings (SSSR count). The average molecular weight is 541 g/mol. The first kappa shape index (κ1) is 25.0. The van der Waals surface area contributed by atoms with Crippen LogP contribution in [0.15, 0.2) is 42.7 Å². The summed E-state index contributed by atoms with van der Waals surface area (Å²) in [5.41, 5.74) is 0.688. The molecule has 1 atom stereocenters. The zero-order valence-electron chi connectivity index (χ0n) is 17.7. The second-order valence-electron chi connectivity index (χ2n) is 7.84. The maximum absolute atomic E-state index is 13.8. The second kappa shape index (κ2) is 9.90. The molecular formula is C23H15Cl3F3N5O. The lowest BCUT2D eigenvalue weighted by Gasteiger charge is -2.18. The monoisotopic (exact) mass is 539 g/mol. The number of nitriles is 1. The van der Waals surface area contributed by atoms with Crippen LogP contribution in [0.2, 0.25) is 15.1 Å². The normalized spacial score (nSPS) is 14.7. The molecule has 0 bridgehead atoms. The van der Waals surface area contributed by atoms with Gasteiger partial charge in [0.25, 0.3) is 0 Å². The molecule has 1 aromatic heterocycles. The molecular weight excluding hydrogens is 526 g/mol. The fourth-order valence-electron chi connectivity index (χ4n) is 3.31. The quantitative estimate of drug-likeness (QED) is 0.348. The summed E-state index contributed by atoms with van der Waals surface area (Å²) in [5, 5.41) is 16.1. The number of hydrogen-bond donors (Lipinski definition) is 1. The Kier molecular flexibility index (Phi) is 7.08. The molecule has 35 heavy (non-hydrogen) atoms. The number of amides is 1. The minimum absolute atomic E-state index is 0.0249. The Morgan fingerprint density at radius 2 is 1.89 bits per heavy atom. The van der Waals surface area contributed by atoms with Crippen LogP contribution in [0, 0.1) is 17.2 Å². The SMILES string of the molecule is N#Cc1cc(C=CC(c2cc(Cl)c(Cl)c(Cl)c2)C(F)(F)F)ccc1-n1cnc(NC(=O)C2CC2)n1. The van der Waals surface area contributed by atoms with Gasteiger partial charge in [-0.15, -0.1) is 5.10 Å². The predicted octanol–water partition coefficient (Wildman–Crippen LogP) is 6.81. The lowest BCUT2D eigenvalue weighted by molar-refractivity contribution is -0.139. The van der Waals surface area contributed by atoms with E-state index in [0.29, 0.717) is 11.3 Å². The van der Waals surface area contributed by atoms with Crippen molar-refractivity contribution in [2.75, 3.05) is 5.32 Å². The number of benzene rings is 2. The van der Waals surface area contributed by atoms with Crippen molar-refractivity contribution in [2.45, 2.75) is 24.9 Å². The van der Waals surface area contributed by atoms with Crippen molar-refractivity contribution in [3.63, 3.8) is 0 Å². The van der Waals surface area contributed by atoms with E-state index in [4.69, 9.17) is 34.8 Å². The molecule has 1 unspecified atom stereocenters. The number of halogens is 6. The molecule has 180 valence electrons. The van der Waals surface area contributed by atoms with Crippen molar-refractivity contribution in [3.8, 4) is 11.8 Å². The van der Waals surface area contributed by atoms with Crippen molar-refractivity contribution >= 4 is 52.7 Å². The second-order valence-corrected chi connectivity index (χ2v) is 9.03. The van der Waals surface area contributed by atoms with E-state index in [-0.39, 0.29) is 44.0 Å². The van der Waals surface area contributed by atoms with Crippen molar-refractivity contribution < 1.29 is 18.0 Å². The highest BCUT2D eigenvalue weighted by atomic mass is 35.5. The van der Waals surface area contributed by atoms with Crippen molar-refractivity contribution in [3.05, 3.63) is 74.5 Å². The summed E-state index contributed by atoms with van der Waals surface area (Å²) < 4.78 is 42.6. The first-order chi connectivity index (χ1) is 16.6. The van der Waals surface area contributed by atoms with Gasteiger partial charge in [-0.25, -0.2) is 4.68 Å². The summed E-state index contributed by atoms with van der Waals surface area (Å²) in [6, 6.07) is 8.72. The van der Waals surface area contributed by atoms with Gasteiger partial charge in [0.2, 0.25) is 11.9 Å². The topological polar surface area (TPSA) is 83.6 Å². The number of alkyl halides is 3. The zero-order chi connectivity index (χ0) is 25.3. The molecule has 1 saturated carbocycles. The number of aromatic nitrogens is 3. The first-order valence-electron chi connectivity index (χ1n) is 10.2. The van der Waals surface area contributed by atoms with Gasteiger partial charge < -0.3 is 0 Å². The number of anilines is 1. The first-order valence-corrected chi connectivity index (χ1v) is 11.4. The predicted molar refractivity (Wildman–Crippen MR) is 127 cm³/mol. The number of allylic oxidation sites excluding steroid dienone is 1. The van der Waals surface area contributed by atoms with E-state index in [0.717, 1.165) is 31.1 Å². The number of nitrogens with one attached hydrogen (secondary N) is 1. The summed E-state index contributed by atoms with van der Waals surface area (Å²) in [4.78, 5) is 15.9. The summed E-state index contributed by atoms with van der Waals surface area (Å²) in [5.74, 6) is -2.09. The van der Waals surface area contributed by atoms with E-state index < -0.39 is 12.1 Å². The van der Waals surface area contributed by atoms with Gasteiger partial charge in [0, 0.05) is 5.92 Å². The molecule has 0 radical (unpaired) electrons. The van der Waals surface area contributed by atoms with Crippen molar-refractivity contribution in [1.82, 2.24) is 14.8 Å². The van der Waals surface area contributed by atoms with E-state index in [2.05, 4.69) is 15.4 Å². The largest absolute Gasteiger partial charge is 0.399 e. The Balaban J connectivity index is 1.59. The van der Waals surface area contributed by atoms with Crippen LogP contribution in [0.1, 0.15) is 35.4 Å². The summed E-state index contributed by atoms with van der Waals surface area (Å²) in [6.07, 6.45) is 0.564. The number of carbonyl (C=O) groups is 1. The fourth-order valence-corrected chi connectivity index (χ4v) is 3.93. The number of carbonyl (C=O) groups excluding carboxylic acids is 1. The Morgan fingerprint density at radius 1 is 1.20 bits per heavy atom. The Bertz CT molecular complexity index is 1340. The Labute approximate surface area is 212 Å². The van der Waals surface area contributed by atoms with Crippen LogP contribution in [0.3, 0.4) is 0 Å². The van der Waals surface area contributed by atoms with Gasteiger partial charge in [-0.05, 0) is 48.2 Å². The summed E-state index contributed by atoms with van der Waals surface area (Å²) >= 11 is 17.7. The molecule has 3 aromatic rings. The number of nitrogens with zero attached hydrogens (tertiary/aromatic N) is 4. The van der Waals surface area contributed by atoms with Crippen molar-refractivity contribution in [2.24, 2.45) is 5.92 Å². The van der Waals surface area contributed by atoms with Crippen LogP contribution in [0.5, 0.6) is 0 Å². The number of hydrogen-bond acceptors (Lipinski definition) is 4. The highest BCUT2D eigenvalue weighted by Crippen LogP contribution is 2.41.